The van der Waals surface area contributed by atoms with Gasteiger partial charge in [0, 0.05) is 16.9 Å². The minimum Gasteiger partial charge on any atom is -0.497 e. The van der Waals surface area contributed by atoms with Crippen LogP contribution >= 0.6 is 11.3 Å². The van der Waals surface area contributed by atoms with Crippen LogP contribution in [-0.4, -0.2) is 43.4 Å². The van der Waals surface area contributed by atoms with E-state index in [2.05, 4.69) is 15.6 Å². The molecule has 132 valence electrons. The number of ketones is 1. The number of Topliss-reactive ketones (excluding diaryl/α,β-unsaturated/α-hetero) is 1. The first-order valence-electron chi connectivity index (χ1n) is 8.29. The number of thiazole rings is 1. The average Bonchev–Trinajstić information content (AvgIpc) is 3.17. The predicted molar refractivity (Wildman–Crippen MR) is 96.6 cm³/mol. The second-order valence-electron chi connectivity index (χ2n) is 5.93. The molecule has 1 aromatic heterocycles. The summed E-state index contributed by atoms with van der Waals surface area (Å²) in [6.07, 6.45) is 2.09. The Kier molecular flexibility index (Phi) is 5.78. The van der Waals surface area contributed by atoms with Gasteiger partial charge in [0.25, 0.3) is 5.91 Å². The van der Waals surface area contributed by atoms with Crippen molar-refractivity contribution in [1.82, 2.24) is 15.6 Å². The largest absolute Gasteiger partial charge is 0.497 e. The number of aromatic nitrogens is 1. The van der Waals surface area contributed by atoms with Crippen LogP contribution in [0.1, 0.15) is 44.6 Å². The number of methoxy groups -OCH3 is 1. The van der Waals surface area contributed by atoms with Crippen molar-refractivity contribution in [3.63, 3.8) is 0 Å². The zero-order valence-corrected chi connectivity index (χ0v) is 14.9. The fourth-order valence-corrected chi connectivity index (χ4v) is 3.75. The highest BCUT2D eigenvalue weighted by molar-refractivity contribution is 7.09. The maximum Gasteiger partial charge on any atom is 0.271 e. The van der Waals surface area contributed by atoms with E-state index in [1.165, 1.54) is 11.3 Å². The lowest BCUT2D eigenvalue weighted by atomic mass is 9.99. The molecule has 2 aromatic rings. The van der Waals surface area contributed by atoms with E-state index < -0.39 is 0 Å². The van der Waals surface area contributed by atoms with Crippen LogP contribution in [0.25, 0.3) is 0 Å². The number of carbonyl (C=O) groups excluding carboxylic acids is 2. The first kappa shape index (κ1) is 17.6. The van der Waals surface area contributed by atoms with Crippen molar-refractivity contribution in [2.45, 2.75) is 18.8 Å². The number of hydrogen-bond acceptors (Lipinski definition) is 6. The summed E-state index contributed by atoms with van der Waals surface area (Å²) in [7, 11) is 1.57. The average molecular weight is 359 g/mol. The van der Waals surface area contributed by atoms with Gasteiger partial charge in [-0.25, -0.2) is 4.98 Å². The van der Waals surface area contributed by atoms with Crippen LogP contribution in [0.2, 0.25) is 0 Å². The van der Waals surface area contributed by atoms with Gasteiger partial charge in [-0.2, -0.15) is 0 Å². The molecule has 1 aliphatic rings. The molecule has 6 nitrogen and oxygen atoms in total. The van der Waals surface area contributed by atoms with Crippen LogP contribution in [0.5, 0.6) is 5.75 Å². The van der Waals surface area contributed by atoms with Crippen LogP contribution in [0.3, 0.4) is 0 Å². The second kappa shape index (κ2) is 8.22. The zero-order valence-electron chi connectivity index (χ0n) is 14.1. The third-order valence-electron chi connectivity index (χ3n) is 4.26. The predicted octanol–water partition coefficient (Wildman–Crippen LogP) is 2.23. The van der Waals surface area contributed by atoms with Crippen LogP contribution in [0.4, 0.5) is 0 Å². The van der Waals surface area contributed by atoms with Crippen LogP contribution in [-0.2, 0) is 0 Å². The molecule has 0 bridgehead atoms. The molecule has 7 heteroatoms. The zero-order chi connectivity index (χ0) is 17.6. The minimum absolute atomic E-state index is 0.0502. The highest BCUT2D eigenvalue weighted by Gasteiger charge is 2.20. The molecule has 0 saturated carbocycles. The number of carbonyl (C=O) groups is 2. The van der Waals surface area contributed by atoms with Gasteiger partial charge in [0.05, 0.1) is 18.7 Å². The molecular formula is C18H21N3O3S. The Hall–Kier alpha value is -2.25. The molecule has 1 amide bonds. The molecule has 0 spiro atoms. The van der Waals surface area contributed by atoms with Crippen molar-refractivity contribution in [2.24, 2.45) is 0 Å². The number of amides is 1. The van der Waals surface area contributed by atoms with E-state index >= 15 is 0 Å². The molecule has 0 radical (unpaired) electrons. The molecule has 2 heterocycles. The molecule has 0 aliphatic carbocycles. The van der Waals surface area contributed by atoms with Crippen molar-refractivity contribution >= 4 is 23.0 Å². The van der Waals surface area contributed by atoms with E-state index in [4.69, 9.17) is 4.74 Å². The Morgan fingerprint density at radius 3 is 2.68 bits per heavy atom. The van der Waals surface area contributed by atoms with E-state index in [-0.39, 0.29) is 18.2 Å². The summed E-state index contributed by atoms with van der Waals surface area (Å²) < 4.78 is 5.07. The number of rotatable bonds is 6. The minimum atomic E-state index is -0.307. The van der Waals surface area contributed by atoms with Gasteiger partial charge >= 0.3 is 0 Å². The molecule has 3 rings (SSSR count). The van der Waals surface area contributed by atoms with Gasteiger partial charge in [-0.05, 0) is 50.2 Å². The lowest BCUT2D eigenvalue weighted by molar-refractivity contribution is 0.0901. The Labute approximate surface area is 150 Å². The highest BCUT2D eigenvalue weighted by Crippen LogP contribution is 2.27. The molecular weight excluding hydrogens is 338 g/mol. The summed E-state index contributed by atoms with van der Waals surface area (Å²) in [5, 5.41) is 8.75. The number of ether oxygens (including phenoxy) is 1. The summed E-state index contributed by atoms with van der Waals surface area (Å²) in [5.74, 6) is 0.658. The van der Waals surface area contributed by atoms with Gasteiger partial charge in [0.15, 0.2) is 5.78 Å². The van der Waals surface area contributed by atoms with E-state index in [0.717, 1.165) is 30.9 Å². The third-order valence-corrected chi connectivity index (χ3v) is 5.27. The first-order valence-corrected chi connectivity index (χ1v) is 9.17. The maximum atomic E-state index is 12.2. The number of piperidine rings is 1. The lowest BCUT2D eigenvalue weighted by Crippen LogP contribution is -2.30. The fourth-order valence-electron chi connectivity index (χ4n) is 2.78. The number of nitrogens with zero attached hydrogens (tertiary/aromatic N) is 1. The normalized spacial score (nSPS) is 14.9. The second-order valence-corrected chi connectivity index (χ2v) is 6.82. The van der Waals surface area contributed by atoms with Crippen molar-refractivity contribution in [2.75, 3.05) is 26.7 Å². The van der Waals surface area contributed by atoms with Crippen molar-refractivity contribution in [3.8, 4) is 5.75 Å². The summed E-state index contributed by atoms with van der Waals surface area (Å²) >= 11 is 1.52. The summed E-state index contributed by atoms with van der Waals surface area (Å²) in [6, 6.07) is 6.82. The smallest absolute Gasteiger partial charge is 0.271 e. The molecule has 1 aromatic carbocycles. The Balaban J connectivity index is 1.55. The van der Waals surface area contributed by atoms with Crippen molar-refractivity contribution < 1.29 is 14.3 Å². The highest BCUT2D eigenvalue weighted by atomic mass is 32.1. The van der Waals surface area contributed by atoms with Crippen LogP contribution in [0, 0.1) is 0 Å². The van der Waals surface area contributed by atoms with Crippen molar-refractivity contribution in [1.29, 1.82) is 0 Å². The lowest BCUT2D eigenvalue weighted by Gasteiger charge is -2.20. The molecule has 1 aliphatic heterocycles. The molecule has 0 unspecified atom stereocenters. The van der Waals surface area contributed by atoms with Gasteiger partial charge in [0.1, 0.15) is 11.4 Å². The number of hydrogen-bond donors (Lipinski definition) is 2. The molecule has 1 saturated heterocycles. The molecule has 0 atom stereocenters. The Morgan fingerprint density at radius 2 is 2.00 bits per heavy atom. The van der Waals surface area contributed by atoms with E-state index in [1.54, 1.807) is 36.8 Å². The van der Waals surface area contributed by atoms with Crippen molar-refractivity contribution in [3.05, 3.63) is 45.9 Å². The van der Waals surface area contributed by atoms with Gasteiger partial charge in [0.2, 0.25) is 0 Å². The van der Waals surface area contributed by atoms with Crippen LogP contribution < -0.4 is 15.4 Å². The monoisotopic (exact) mass is 359 g/mol. The van der Waals surface area contributed by atoms with Gasteiger partial charge < -0.3 is 15.4 Å². The number of benzene rings is 1. The van der Waals surface area contributed by atoms with E-state index in [1.807, 2.05) is 0 Å². The van der Waals surface area contributed by atoms with Gasteiger partial charge in [-0.3, -0.25) is 9.59 Å². The third kappa shape index (κ3) is 4.43. The summed E-state index contributed by atoms with van der Waals surface area (Å²) in [6.45, 7) is 1.93. The van der Waals surface area contributed by atoms with Gasteiger partial charge in [-0.1, -0.05) is 0 Å². The Morgan fingerprint density at radius 1 is 1.28 bits per heavy atom. The quantitative estimate of drug-likeness (QED) is 0.773. The summed E-state index contributed by atoms with van der Waals surface area (Å²) in [4.78, 5) is 28.8. The SMILES string of the molecule is COc1ccc(C(=O)CNC(=O)c2csc(C3CCNCC3)n2)cc1. The Bertz CT molecular complexity index is 736. The fraction of sp³-hybridized carbons (Fsp3) is 0.389. The first-order chi connectivity index (χ1) is 12.2. The van der Waals surface area contributed by atoms with E-state index in [0.29, 0.717) is 22.9 Å². The number of nitrogens with one attached hydrogen (secondary N) is 2. The summed E-state index contributed by atoms with van der Waals surface area (Å²) in [5.41, 5.74) is 0.927. The molecule has 2 N–H and O–H groups in total. The van der Waals surface area contributed by atoms with Crippen LogP contribution in [0.15, 0.2) is 29.6 Å². The molecule has 1 fully saturated rings. The maximum absolute atomic E-state index is 12.2. The molecule has 25 heavy (non-hydrogen) atoms. The standard InChI is InChI=1S/C18H21N3O3S/c1-24-14-4-2-12(3-5-14)16(22)10-20-17(23)15-11-25-18(21-15)13-6-8-19-9-7-13/h2-5,11,13,19H,6-10H2,1H3,(H,20,23). The van der Waals surface area contributed by atoms with Gasteiger partial charge in [-0.15, -0.1) is 11.3 Å². The van der Waals surface area contributed by atoms with E-state index in [9.17, 15) is 9.59 Å². The topological polar surface area (TPSA) is 80.3 Å².